The summed E-state index contributed by atoms with van der Waals surface area (Å²) in [6.45, 7) is 1.92. The Morgan fingerprint density at radius 2 is 1.93 bits per heavy atom. The molecule has 0 radical (unpaired) electrons. The zero-order valence-electron chi connectivity index (χ0n) is 7.04. The number of hydrogen-bond donors (Lipinski definition) is 2. The number of nitrogens with zero attached hydrogens (tertiary/aromatic N) is 1. The molecule has 1 rings (SSSR count). The van der Waals surface area contributed by atoms with E-state index >= 15 is 0 Å². The van der Waals surface area contributed by atoms with E-state index in [4.69, 9.17) is 0 Å². The van der Waals surface area contributed by atoms with Crippen LogP contribution in [0, 0.1) is 6.92 Å². The maximum atomic E-state index is 10.8. The van der Waals surface area contributed by atoms with Gasteiger partial charge in [-0.2, -0.15) is 13.2 Å². The Morgan fingerprint density at radius 3 is 2.00 bits per heavy atom. The first kappa shape index (κ1) is 12.9. The molecule has 82 valence electrons. The van der Waals surface area contributed by atoms with Crippen LogP contribution in [0.1, 0.15) is 5.82 Å². The van der Waals surface area contributed by atoms with Crippen LogP contribution < -0.4 is 5.14 Å². The number of hydrogen-bond acceptors (Lipinski definition) is 3. The van der Waals surface area contributed by atoms with Gasteiger partial charge in [-0.25, -0.2) is 18.5 Å². The van der Waals surface area contributed by atoms with E-state index in [1.54, 1.807) is 12.4 Å². The fourth-order valence-corrected chi connectivity index (χ4v) is 0.344. The molecule has 0 atom stereocenters. The van der Waals surface area contributed by atoms with Gasteiger partial charge in [0.15, 0.2) is 0 Å². The number of primary sulfonamides is 1. The Labute approximate surface area is 78.2 Å². The predicted molar refractivity (Wildman–Crippen MR) is 42.5 cm³/mol. The quantitative estimate of drug-likeness (QED) is 0.681. The zero-order valence-corrected chi connectivity index (χ0v) is 7.85. The lowest BCUT2D eigenvalue weighted by molar-refractivity contribution is -0.0436. The first-order valence-electron chi connectivity index (χ1n) is 3.19. The molecular formula is C5H8F3N3O2S. The molecule has 0 aliphatic rings. The number of sulfonamides is 1. The van der Waals surface area contributed by atoms with Crippen molar-refractivity contribution in [2.24, 2.45) is 5.14 Å². The third-order valence-corrected chi connectivity index (χ3v) is 1.60. The first-order valence-corrected chi connectivity index (χ1v) is 4.74. The highest BCUT2D eigenvalue weighted by Gasteiger charge is 2.42. The molecule has 0 amide bonds. The summed E-state index contributed by atoms with van der Waals surface area (Å²) >= 11 is 0. The van der Waals surface area contributed by atoms with Crippen molar-refractivity contribution in [1.29, 1.82) is 0 Å². The molecular weight excluding hydrogens is 223 g/mol. The minimum Gasteiger partial charge on any atom is -0.349 e. The number of nitrogens with two attached hydrogens (primary N) is 1. The number of aromatic amines is 1. The third-order valence-electron chi connectivity index (χ3n) is 0.958. The standard InChI is InChI=1S/C4H6N2.CH2F3NO2S/c1-4-5-2-3-6-4;2-1(3,4)8(5,6)7/h2-3H,1H3,(H,5,6);(H2,5,6,7). The Hall–Kier alpha value is -1.09. The second-order valence-corrected chi connectivity index (χ2v) is 3.72. The topological polar surface area (TPSA) is 88.8 Å². The van der Waals surface area contributed by atoms with Crippen molar-refractivity contribution >= 4 is 10.0 Å². The fourth-order valence-electron chi connectivity index (χ4n) is 0.344. The van der Waals surface area contributed by atoms with Crippen LogP contribution in [0.2, 0.25) is 0 Å². The number of rotatable bonds is 0. The number of alkyl halides is 3. The second kappa shape index (κ2) is 4.42. The molecule has 1 aromatic rings. The van der Waals surface area contributed by atoms with Gasteiger partial charge in [-0.05, 0) is 6.92 Å². The minimum atomic E-state index is -5.34. The Morgan fingerprint density at radius 1 is 1.50 bits per heavy atom. The maximum Gasteiger partial charge on any atom is 0.511 e. The van der Waals surface area contributed by atoms with Crippen molar-refractivity contribution in [1.82, 2.24) is 9.97 Å². The lowest BCUT2D eigenvalue weighted by Crippen LogP contribution is -2.30. The first-order chi connectivity index (χ1) is 6.14. The highest BCUT2D eigenvalue weighted by molar-refractivity contribution is 7.90. The molecule has 0 fully saturated rings. The summed E-state index contributed by atoms with van der Waals surface area (Å²) < 4.78 is 51.2. The predicted octanol–water partition coefficient (Wildman–Crippen LogP) is 0.513. The van der Waals surface area contributed by atoms with E-state index in [1.165, 1.54) is 0 Å². The van der Waals surface area contributed by atoms with Gasteiger partial charge in [0.25, 0.3) is 0 Å². The van der Waals surface area contributed by atoms with Crippen molar-refractivity contribution < 1.29 is 21.6 Å². The summed E-state index contributed by atoms with van der Waals surface area (Å²) in [5.41, 5.74) is -5.31. The van der Waals surface area contributed by atoms with Crippen LogP contribution >= 0.6 is 0 Å². The average molecular weight is 231 g/mol. The SMILES string of the molecule is Cc1ncc[nH]1.NS(=O)(=O)C(F)(F)F. The largest absolute Gasteiger partial charge is 0.511 e. The van der Waals surface area contributed by atoms with E-state index < -0.39 is 15.5 Å². The number of aryl methyl sites for hydroxylation is 1. The van der Waals surface area contributed by atoms with Crippen molar-refractivity contribution in [3.8, 4) is 0 Å². The Bertz CT molecular complexity index is 356. The van der Waals surface area contributed by atoms with Gasteiger partial charge in [-0.3, -0.25) is 0 Å². The van der Waals surface area contributed by atoms with Crippen LogP contribution in [0.15, 0.2) is 12.4 Å². The molecule has 9 heteroatoms. The van der Waals surface area contributed by atoms with Crippen LogP contribution in [0.4, 0.5) is 13.2 Å². The summed E-state index contributed by atoms with van der Waals surface area (Å²) in [7, 11) is -5.34. The number of imidazole rings is 1. The van der Waals surface area contributed by atoms with Gasteiger partial charge in [0.05, 0.1) is 0 Å². The van der Waals surface area contributed by atoms with Crippen molar-refractivity contribution in [3.63, 3.8) is 0 Å². The average Bonchev–Trinajstić information content (AvgIpc) is 2.35. The summed E-state index contributed by atoms with van der Waals surface area (Å²) in [6, 6.07) is 0. The molecule has 1 heterocycles. The Kier molecular flexibility index (Phi) is 4.08. The van der Waals surface area contributed by atoms with Gasteiger partial charge in [0, 0.05) is 12.4 Å². The van der Waals surface area contributed by atoms with Crippen LogP contribution in [-0.2, 0) is 10.0 Å². The van der Waals surface area contributed by atoms with Crippen LogP contribution in [-0.4, -0.2) is 23.9 Å². The van der Waals surface area contributed by atoms with E-state index in [2.05, 4.69) is 15.1 Å². The van der Waals surface area contributed by atoms with Gasteiger partial charge in [0.2, 0.25) is 0 Å². The summed E-state index contributed by atoms with van der Waals surface area (Å²) in [6.07, 6.45) is 3.53. The molecule has 5 nitrogen and oxygen atoms in total. The number of halogens is 3. The molecule has 0 unspecified atom stereocenters. The molecule has 0 aliphatic heterocycles. The number of nitrogens with one attached hydrogen (secondary N) is 1. The molecule has 0 spiro atoms. The molecule has 1 aromatic heterocycles. The summed E-state index contributed by atoms with van der Waals surface area (Å²) in [4.78, 5) is 6.75. The molecule has 14 heavy (non-hydrogen) atoms. The molecule has 0 aliphatic carbocycles. The lowest BCUT2D eigenvalue weighted by Gasteiger charge is -1.98. The van der Waals surface area contributed by atoms with E-state index in [1.807, 2.05) is 6.92 Å². The maximum absolute atomic E-state index is 10.8. The van der Waals surface area contributed by atoms with E-state index in [0.717, 1.165) is 5.82 Å². The van der Waals surface area contributed by atoms with Crippen molar-refractivity contribution in [3.05, 3.63) is 18.2 Å². The third kappa shape index (κ3) is 4.82. The summed E-state index contributed by atoms with van der Waals surface area (Å²) in [5.74, 6) is 0.968. The highest BCUT2D eigenvalue weighted by atomic mass is 32.2. The van der Waals surface area contributed by atoms with Gasteiger partial charge in [-0.15, -0.1) is 0 Å². The van der Waals surface area contributed by atoms with Crippen LogP contribution in [0.5, 0.6) is 0 Å². The zero-order chi connectivity index (χ0) is 11.4. The van der Waals surface area contributed by atoms with E-state index in [-0.39, 0.29) is 0 Å². The van der Waals surface area contributed by atoms with Crippen LogP contribution in [0.3, 0.4) is 0 Å². The molecule has 0 saturated heterocycles. The molecule has 3 N–H and O–H groups in total. The van der Waals surface area contributed by atoms with Crippen molar-refractivity contribution in [2.45, 2.75) is 12.4 Å². The van der Waals surface area contributed by atoms with Gasteiger partial charge in [-0.1, -0.05) is 0 Å². The fraction of sp³-hybridized carbons (Fsp3) is 0.400. The molecule has 0 bridgehead atoms. The normalized spacial score (nSPS) is 11.8. The molecule has 0 aromatic carbocycles. The Balaban J connectivity index is 0.000000249. The lowest BCUT2D eigenvalue weighted by atomic mass is 10.8. The van der Waals surface area contributed by atoms with Gasteiger partial charge < -0.3 is 4.98 Å². The minimum absolute atomic E-state index is 0.968. The second-order valence-electron chi connectivity index (χ2n) is 2.17. The molecule has 0 saturated carbocycles. The van der Waals surface area contributed by atoms with Crippen molar-refractivity contribution in [2.75, 3.05) is 0 Å². The van der Waals surface area contributed by atoms with Gasteiger partial charge in [0.1, 0.15) is 5.82 Å². The highest BCUT2D eigenvalue weighted by Crippen LogP contribution is 2.18. The van der Waals surface area contributed by atoms with Crippen LogP contribution in [0.25, 0.3) is 0 Å². The monoisotopic (exact) mass is 231 g/mol. The van der Waals surface area contributed by atoms with E-state index in [0.29, 0.717) is 0 Å². The summed E-state index contributed by atoms with van der Waals surface area (Å²) in [5, 5.41) is 3.66. The van der Waals surface area contributed by atoms with Gasteiger partial charge >= 0.3 is 15.5 Å². The van der Waals surface area contributed by atoms with E-state index in [9.17, 15) is 21.6 Å². The number of aromatic nitrogens is 2. The smallest absolute Gasteiger partial charge is 0.349 e. The number of H-pyrrole nitrogens is 1.